The molecule has 154 valence electrons. The number of anilines is 1. The largest absolute Gasteiger partial charge is 0.368 e. The van der Waals surface area contributed by atoms with Crippen molar-refractivity contribution >= 4 is 17.6 Å². The molecule has 6 nitrogen and oxygen atoms in total. The first-order valence-corrected chi connectivity index (χ1v) is 9.92. The number of carbonyl (C=O) groups excluding carboxylic acids is 1. The van der Waals surface area contributed by atoms with E-state index in [1.165, 1.54) is 17.8 Å². The van der Waals surface area contributed by atoms with Gasteiger partial charge >= 0.3 is 0 Å². The maximum Gasteiger partial charge on any atom is 0.224 e. The summed E-state index contributed by atoms with van der Waals surface area (Å²) in [5.74, 6) is 0.479. The molecule has 0 unspecified atom stereocenters. The zero-order valence-electron chi connectivity index (χ0n) is 16.8. The Morgan fingerprint density at radius 2 is 1.79 bits per heavy atom. The van der Waals surface area contributed by atoms with Crippen LogP contribution in [0.5, 0.6) is 0 Å². The summed E-state index contributed by atoms with van der Waals surface area (Å²) in [7, 11) is 1.67. The van der Waals surface area contributed by atoms with Crippen LogP contribution in [-0.4, -0.2) is 56.5 Å². The highest BCUT2D eigenvalue weighted by Gasteiger charge is 2.20. The predicted molar refractivity (Wildman–Crippen MR) is 114 cm³/mol. The number of nitrogens with zero attached hydrogens (tertiary/aromatic N) is 3. The Bertz CT molecular complexity index is 819. The van der Waals surface area contributed by atoms with E-state index in [-0.39, 0.29) is 11.7 Å². The third-order valence-corrected chi connectivity index (χ3v) is 4.96. The van der Waals surface area contributed by atoms with E-state index >= 15 is 0 Å². The van der Waals surface area contributed by atoms with Gasteiger partial charge in [-0.25, -0.2) is 4.39 Å². The Kier molecular flexibility index (Phi) is 7.44. The Hall–Kier alpha value is -3.09. The molecule has 1 saturated heterocycles. The van der Waals surface area contributed by atoms with E-state index in [4.69, 9.17) is 0 Å². The smallest absolute Gasteiger partial charge is 0.224 e. The number of hydrogen-bond donors (Lipinski definition) is 2. The number of aliphatic imine (C=N–C) groups is 1. The summed E-state index contributed by atoms with van der Waals surface area (Å²) in [5, 5.41) is 6.28. The van der Waals surface area contributed by atoms with E-state index < -0.39 is 0 Å². The van der Waals surface area contributed by atoms with Crippen LogP contribution < -0.4 is 15.5 Å². The van der Waals surface area contributed by atoms with Crippen LogP contribution in [0.2, 0.25) is 0 Å². The van der Waals surface area contributed by atoms with Crippen LogP contribution in [0.15, 0.2) is 59.6 Å². The molecule has 0 radical (unpaired) electrons. The number of hydrogen-bond acceptors (Lipinski definition) is 3. The van der Waals surface area contributed by atoms with Gasteiger partial charge in [0, 0.05) is 58.4 Å². The van der Waals surface area contributed by atoms with Crippen molar-refractivity contribution in [3.8, 4) is 0 Å². The number of rotatable bonds is 6. The first kappa shape index (κ1) is 20.6. The van der Waals surface area contributed by atoms with E-state index in [0.29, 0.717) is 25.5 Å². The summed E-state index contributed by atoms with van der Waals surface area (Å²) in [6, 6.07) is 16.7. The summed E-state index contributed by atoms with van der Waals surface area (Å²) in [6.45, 7) is 4.13. The number of halogens is 1. The molecule has 3 rings (SSSR count). The number of guanidine groups is 1. The van der Waals surface area contributed by atoms with Crippen LogP contribution in [-0.2, 0) is 11.3 Å². The highest BCUT2D eigenvalue weighted by Crippen LogP contribution is 2.15. The summed E-state index contributed by atoms with van der Waals surface area (Å²) >= 11 is 0. The van der Waals surface area contributed by atoms with Gasteiger partial charge in [-0.15, -0.1) is 0 Å². The minimum atomic E-state index is -0.259. The van der Waals surface area contributed by atoms with Crippen LogP contribution in [0.4, 0.5) is 10.1 Å². The third-order valence-electron chi connectivity index (χ3n) is 4.96. The van der Waals surface area contributed by atoms with Crippen LogP contribution in [0.1, 0.15) is 12.0 Å². The number of amides is 1. The van der Waals surface area contributed by atoms with Crippen molar-refractivity contribution in [1.29, 1.82) is 0 Å². The van der Waals surface area contributed by atoms with Crippen LogP contribution in [0.3, 0.4) is 0 Å². The molecule has 0 spiro atoms. The van der Waals surface area contributed by atoms with Crippen molar-refractivity contribution in [1.82, 2.24) is 15.5 Å². The number of piperazine rings is 1. The van der Waals surface area contributed by atoms with Gasteiger partial charge in [-0.1, -0.05) is 30.3 Å². The van der Waals surface area contributed by atoms with Gasteiger partial charge in [-0.05, 0) is 29.8 Å². The minimum absolute atomic E-state index is 0.144. The zero-order chi connectivity index (χ0) is 20.5. The van der Waals surface area contributed by atoms with Crippen molar-refractivity contribution in [2.75, 3.05) is 44.7 Å². The quantitative estimate of drug-likeness (QED) is 0.580. The molecule has 1 heterocycles. The molecule has 2 N–H and O–H groups in total. The van der Waals surface area contributed by atoms with Crippen LogP contribution >= 0.6 is 0 Å². The van der Waals surface area contributed by atoms with Crippen molar-refractivity contribution in [3.63, 3.8) is 0 Å². The highest BCUT2D eigenvalue weighted by atomic mass is 19.1. The molecular formula is C22H28FN5O. The van der Waals surface area contributed by atoms with Gasteiger partial charge in [0.1, 0.15) is 5.82 Å². The number of para-hydroxylation sites is 1. The average molecular weight is 397 g/mol. The number of nitrogens with one attached hydrogen (secondary N) is 2. The Morgan fingerprint density at radius 3 is 2.48 bits per heavy atom. The summed E-state index contributed by atoms with van der Waals surface area (Å²) in [5.41, 5.74) is 2.04. The summed E-state index contributed by atoms with van der Waals surface area (Å²) in [6.07, 6.45) is 0.409. The highest BCUT2D eigenvalue weighted by molar-refractivity contribution is 5.81. The fourth-order valence-corrected chi connectivity index (χ4v) is 3.35. The first-order valence-electron chi connectivity index (χ1n) is 9.92. The SMILES string of the molecule is CN=C(NCCC(=O)N1CCN(c2ccccc2)CC1)NCc1cccc(F)c1. The average Bonchev–Trinajstić information content (AvgIpc) is 2.76. The Morgan fingerprint density at radius 1 is 1.03 bits per heavy atom. The Balaban J connectivity index is 1.37. The molecule has 2 aromatic carbocycles. The lowest BCUT2D eigenvalue weighted by Crippen LogP contribution is -2.49. The van der Waals surface area contributed by atoms with Crippen LogP contribution in [0, 0.1) is 5.82 Å². The van der Waals surface area contributed by atoms with E-state index in [2.05, 4.69) is 32.7 Å². The molecule has 1 aliphatic heterocycles. The lowest BCUT2D eigenvalue weighted by Gasteiger charge is -2.36. The number of carbonyl (C=O) groups is 1. The molecule has 0 aliphatic carbocycles. The molecule has 0 bridgehead atoms. The van der Waals surface area contributed by atoms with E-state index in [1.807, 2.05) is 29.2 Å². The van der Waals surface area contributed by atoms with Gasteiger partial charge in [0.15, 0.2) is 5.96 Å². The molecule has 0 aromatic heterocycles. The monoisotopic (exact) mass is 397 g/mol. The Labute approximate surface area is 171 Å². The van der Waals surface area contributed by atoms with Gasteiger partial charge in [0.05, 0.1) is 0 Å². The zero-order valence-corrected chi connectivity index (χ0v) is 16.8. The molecule has 0 saturated carbocycles. The molecule has 1 aliphatic rings. The molecule has 1 amide bonds. The fraction of sp³-hybridized carbons (Fsp3) is 0.364. The lowest BCUT2D eigenvalue weighted by atomic mass is 10.2. The van der Waals surface area contributed by atoms with Crippen molar-refractivity contribution < 1.29 is 9.18 Å². The van der Waals surface area contributed by atoms with Gasteiger partial charge in [0.2, 0.25) is 5.91 Å². The standard InChI is InChI=1S/C22H28FN5O/c1-24-22(26-17-18-6-5-7-19(23)16-18)25-11-10-21(29)28-14-12-27(13-15-28)20-8-3-2-4-9-20/h2-9,16H,10-15,17H2,1H3,(H2,24,25,26). The fourth-order valence-electron chi connectivity index (χ4n) is 3.35. The molecule has 0 atom stereocenters. The normalized spacial score (nSPS) is 14.6. The van der Waals surface area contributed by atoms with Gasteiger partial charge in [-0.2, -0.15) is 0 Å². The van der Waals surface area contributed by atoms with Gasteiger partial charge in [0.25, 0.3) is 0 Å². The molecular weight excluding hydrogens is 369 g/mol. The minimum Gasteiger partial charge on any atom is -0.368 e. The van der Waals surface area contributed by atoms with E-state index in [0.717, 1.165) is 31.7 Å². The lowest BCUT2D eigenvalue weighted by molar-refractivity contribution is -0.131. The van der Waals surface area contributed by atoms with Gasteiger partial charge < -0.3 is 20.4 Å². The second kappa shape index (κ2) is 10.5. The molecule has 29 heavy (non-hydrogen) atoms. The van der Waals surface area contributed by atoms with E-state index in [9.17, 15) is 9.18 Å². The van der Waals surface area contributed by atoms with Crippen molar-refractivity contribution in [3.05, 3.63) is 66.0 Å². The summed E-state index contributed by atoms with van der Waals surface area (Å²) in [4.78, 5) is 20.9. The first-order chi connectivity index (χ1) is 14.2. The second-order valence-corrected chi connectivity index (χ2v) is 6.94. The maximum absolute atomic E-state index is 13.2. The molecule has 1 fully saturated rings. The van der Waals surface area contributed by atoms with Crippen molar-refractivity contribution in [2.45, 2.75) is 13.0 Å². The molecule has 7 heteroatoms. The topological polar surface area (TPSA) is 60.0 Å². The van der Waals surface area contributed by atoms with Gasteiger partial charge in [-0.3, -0.25) is 9.79 Å². The van der Waals surface area contributed by atoms with E-state index in [1.54, 1.807) is 13.1 Å². The maximum atomic E-state index is 13.2. The van der Waals surface area contributed by atoms with Crippen molar-refractivity contribution in [2.24, 2.45) is 4.99 Å². The second-order valence-electron chi connectivity index (χ2n) is 6.94. The third kappa shape index (κ3) is 6.20. The molecule has 2 aromatic rings. The van der Waals surface area contributed by atoms with Crippen LogP contribution in [0.25, 0.3) is 0 Å². The number of benzene rings is 2. The predicted octanol–water partition coefficient (Wildman–Crippen LogP) is 2.23. The summed E-state index contributed by atoms with van der Waals surface area (Å²) < 4.78 is 13.2.